The molecule has 1 fully saturated rings. The van der Waals surface area contributed by atoms with Crippen molar-refractivity contribution >= 4 is 11.7 Å². The lowest BCUT2D eigenvalue weighted by Gasteiger charge is -2.14. The number of benzene rings is 2. The summed E-state index contributed by atoms with van der Waals surface area (Å²) in [6, 6.07) is 17.4. The Morgan fingerprint density at radius 3 is 2.57 bits per heavy atom. The quantitative estimate of drug-likeness (QED) is 0.943. The average molecular weight is 309 g/mol. The summed E-state index contributed by atoms with van der Waals surface area (Å²) in [5.74, 6) is -0.227. The fraction of sp³-hybridized carbons (Fsp3) is 0.263. The molecule has 1 amide bonds. The summed E-state index contributed by atoms with van der Waals surface area (Å²) < 4.78 is 5.24. The van der Waals surface area contributed by atoms with Gasteiger partial charge in [0.25, 0.3) is 0 Å². The molecule has 0 bridgehead atoms. The number of ether oxygens (including phenoxy) is 1. The lowest BCUT2D eigenvalue weighted by molar-refractivity contribution is -0.125. The molecule has 1 N–H and O–H groups in total. The van der Waals surface area contributed by atoms with Gasteiger partial charge in [0, 0.05) is 0 Å². The maximum atomic E-state index is 12.2. The summed E-state index contributed by atoms with van der Waals surface area (Å²) in [7, 11) is 0. The van der Waals surface area contributed by atoms with Gasteiger partial charge >= 0.3 is 0 Å². The van der Waals surface area contributed by atoms with Crippen molar-refractivity contribution in [2.45, 2.75) is 25.5 Å². The van der Waals surface area contributed by atoms with Crippen LogP contribution in [0.3, 0.4) is 0 Å². The molecule has 23 heavy (non-hydrogen) atoms. The average Bonchev–Trinajstić information content (AvgIpc) is 2.88. The lowest BCUT2D eigenvalue weighted by atomic mass is 10.0. The van der Waals surface area contributed by atoms with E-state index in [-0.39, 0.29) is 30.8 Å². The lowest BCUT2D eigenvalue weighted by Crippen LogP contribution is -2.44. The normalized spacial score (nSPS) is 20.5. The van der Waals surface area contributed by atoms with Gasteiger partial charge in [-0.2, -0.15) is 0 Å². The highest BCUT2D eigenvalue weighted by molar-refractivity contribution is 5.92. The number of rotatable bonds is 4. The summed E-state index contributed by atoms with van der Waals surface area (Å²) in [6.45, 7) is 1.88. The van der Waals surface area contributed by atoms with Crippen molar-refractivity contribution in [2.24, 2.45) is 0 Å². The van der Waals surface area contributed by atoms with Gasteiger partial charge in [0.1, 0.15) is 12.6 Å². The molecule has 4 heteroatoms. The molecule has 1 saturated heterocycles. The number of ketones is 1. The number of carbonyl (C=O) groups is 2. The van der Waals surface area contributed by atoms with Gasteiger partial charge in [-0.25, -0.2) is 0 Å². The van der Waals surface area contributed by atoms with Crippen LogP contribution in [-0.4, -0.2) is 30.4 Å². The highest BCUT2D eigenvalue weighted by Gasteiger charge is 2.33. The standard InChI is InChI=1S/C19H19NO3/c1-13-19(17(21)12-23-13)20-18(22)11-14-6-5-9-16(10-14)15-7-3-2-4-8-15/h2-10,13,19H,11-12H2,1H3,(H,20,22)/t13-,19?/m0/s1. The minimum Gasteiger partial charge on any atom is -0.368 e. The first-order valence-electron chi connectivity index (χ1n) is 7.71. The van der Waals surface area contributed by atoms with Crippen molar-refractivity contribution in [2.75, 3.05) is 6.61 Å². The zero-order chi connectivity index (χ0) is 16.2. The van der Waals surface area contributed by atoms with E-state index in [0.29, 0.717) is 0 Å². The molecule has 0 saturated carbocycles. The van der Waals surface area contributed by atoms with Gasteiger partial charge < -0.3 is 10.1 Å². The van der Waals surface area contributed by atoms with Crippen molar-refractivity contribution < 1.29 is 14.3 Å². The van der Waals surface area contributed by atoms with E-state index in [1.54, 1.807) is 6.92 Å². The summed E-state index contributed by atoms with van der Waals surface area (Å²) in [4.78, 5) is 23.9. The number of hydrogen-bond acceptors (Lipinski definition) is 3. The van der Waals surface area contributed by atoms with Crippen molar-refractivity contribution in [1.29, 1.82) is 0 Å². The molecule has 4 nitrogen and oxygen atoms in total. The Bertz CT molecular complexity index is 712. The molecule has 118 valence electrons. The fourth-order valence-electron chi connectivity index (χ4n) is 2.76. The predicted molar refractivity (Wildman–Crippen MR) is 87.9 cm³/mol. The van der Waals surface area contributed by atoms with E-state index in [2.05, 4.69) is 5.32 Å². The monoisotopic (exact) mass is 309 g/mol. The van der Waals surface area contributed by atoms with E-state index in [9.17, 15) is 9.59 Å². The van der Waals surface area contributed by atoms with Gasteiger partial charge in [0.2, 0.25) is 5.91 Å². The van der Waals surface area contributed by atoms with Crippen molar-refractivity contribution in [3.05, 3.63) is 60.2 Å². The van der Waals surface area contributed by atoms with Crippen LogP contribution in [0.2, 0.25) is 0 Å². The van der Waals surface area contributed by atoms with E-state index < -0.39 is 6.04 Å². The van der Waals surface area contributed by atoms with Crippen molar-refractivity contribution in [1.82, 2.24) is 5.32 Å². The number of carbonyl (C=O) groups excluding carboxylic acids is 2. The molecule has 0 radical (unpaired) electrons. The second-order valence-corrected chi connectivity index (χ2v) is 5.77. The van der Waals surface area contributed by atoms with Crippen molar-refractivity contribution in [3.63, 3.8) is 0 Å². The zero-order valence-corrected chi connectivity index (χ0v) is 13.0. The Morgan fingerprint density at radius 2 is 1.87 bits per heavy atom. The molecule has 1 heterocycles. The molecule has 0 spiro atoms. The Kier molecular flexibility index (Phi) is 4.53. The topological polar surface area (TPSA) is 55.4 Å². The molecule has 2 aromatic rings. The Labute approximate surface area is 135 Å². The second kappa shape index (κ2) is 6.75. The third-order valence-electron chi connectivity index (χ3n) is 4.02. The SMILES string of the molecule is C[C@@H]1OCC(=O)C1NC(=O)Cc1cccc(-c2ccccc2)c1. The van der Waals surface area contributed by atoms with Gasteiger partial charge in [0.05, 0.1) is 12.5 Å². The van der Waals surface area contributed by atoms with Crippen LogP contribution in [-0.2, 0) is 20.7 Å². The van der Waals surface area contributed by atoms with Gasteiger partial charge in [-0.15, -0.1) is 0 Å². The Balaban J connectivity index is 1.68. The number of amides is 1. The maximum Gasteiger partial charge on any atom is 0.225 e. The van der Waals surface area contributed by atoms with Crippen LogP contribution >= 0.6 is 0 Å². The first kappa shape index (κ1) is 15.4. The first-order chi connectivity index (χ1) is 11.1. The third-order valence-corrected chi connectivity index (χ3v) is 4.02. The number of nitrogens with one attached hydrogen (secondary N) is 1. The van der Waals surface area contributed by atoms with Crippen LogP contribution in [0.25, 0.3) is 11.1 Å². The maximum absolute atomic E-state index is 12.2. The van der Waals surface area contributed by atoms with Crippen LogP contribution in [0.5, 0.6) is 0 Å². The van der Waals surface area contributed by atoms with E-state index >= 15 is 0 Å². The van der Waals surface area contributed by atoms with Crippen LogP contribution < -0.4 is 5.32 Å². The van der Waals surface area contributed by atoms with E-state index in [1.165, 1.54) is 0 Å². The molecule has 3 rings (SSSR count). The van der Waals surface area contributed by atoms with Crippen molar-refractivity contribution in [3.8, 4) is 11.1 Å². The fourth-order valence-corrected chi connectivity index (χ4v) is 2.76. The third kappa shape index (κ3) is 3.66. The van der Waals surface area contributed by atoms with Crippen LogP contribution in [0.1, 0.15) is 12.5 Å². The summed E-state index contributed by atoms with van der Waals surface area (Å²) in [5, 5.41) is 2.77. The summed E-state index contributed by atoms with van der Waals surface area (Å²) in [5.41, 5.74) is 3.11. The van der Waals surface area contributed by atoms with Crippen LogP contribution in [0, 0.1) is 0 Å². The second-order valence-electron chi connectivity index (χ2n) is 5.77. The molecule has 0 aliphatic carbocycles. The Hall–Kier alpha value is -2.46. The van der Waals surface area contributed by atoms with Crippen LogP contribution in [0.15, 0.2) is 54.6 Å². The Morgan fingerprint density at radius 1 is 1.13 bits per heavy atom. The molecule has 0 aromatic heterocycles. The molecule has 2 aromatic carbocycles. The first-order valence-corrected chi connectivity index (χ1v) is 7.71. The predicted octanol–water partition coefficient (Wildman–Crippen LogP) is 2.37. The smallest absolute Gasteiger partial charge is 0.225 e. The van der Waals surface area contributed by atoms with E-state index in [4.69, 9.17) is 4.74 Å². The molecule has 1 aliphatic heterocycles. The van der Waals surface area contributed by atoms with E-state index in [1.807, 2.05) is 54.6 Å². The summed E-state index contributed by atoms with van der Waals surface area (Å²) >= 11 is 0. The molecule has 1 aliphatic rings. The summed E-state index contributed by atoms with van der Waals surface area (Å²) in [6.07, 6.45) is -0.0147. The molecule has 1 unspecified atom stereocenters. The molecule has 2 atom stereocenters. The van der Waals surface area contributed by atoms with Gasteiger partial charge in [-0.1, -0.05) is 54.6 Å². The zero-order valence-electron chi connectivity index (χ0n) is 13.0. The number of hydrogen-bond donors (Lipinski definition) is 1. The highest BCUT2D eigenvalue weighted by atomic mass is 16.5. The molecular weight excluding hydrogens is 290 g/mol. The largest absolute Gasteiger partial charge is 0.368 e. The van der Waals surface area contributed by atoms with Gasteiger partial charge in [0.15, 0.2) is 5.78 Å². The van der Waals surface area contributed by atoms with Gasteiger partial charge in [-0.3, -0.25) is 9.59 Å². The molecular formula is C19H19NO3. The van der Waals surface area contributed by atoms with Gasteiger partial charge in [-0.05, 0) is 23.6 Å². The minimum absolute atomic E-state index is 0.0658. The highest BCUT2D eigenvalue weighted by Crippen LogP contribution is 2.20. The number of Topliss-reactive ketones (excluding diaryl/α,β-unsaturated/α-hetero) is 1. The van der Waals surface area contributed by atoms with Crippen LogP contribution in [0.4, 0.5) is 0 Å². The van der Waals surface area contributed by atoms with E-state index in [0.717, 1.165) is 16.7 Å². The minimum atomic E-state index is -0.528.